The number of ether oxygens (including phenoxy) is 3. The van der Waals surface area contributed by atoms with Crippen molar-refractivity contribution in [2.24, 2.45) is 4.99 Å². The summed E-state index contributed by atoms with van der Waals surface area (Å²) >= 11 is 0. The predicted molar refractivity (Wildman–Crippen MR) is 135 cm³/mol. The van der Waals surface area contributed by atoms with E-state index >= 15 is 0 Å². The van der Waals surface area contributed by atoms with E-state index in [1.165, 1.54) is 11.1 Å². The van der Waals surface area contributed by atoms with Crippen molar-refractivity contribution < 1.29 is 19.3 Å². The number of nitrogens with zero attached hydrogens (tertiary/aromatic N) is 1. The quantitative estimate of drug-likeness (QED) is 0.229. The van der Waals surface area contributed by atoms with Crippen LogP contribution in [-0.2, 0) is 13.0 Å². The summed E-state index contributed by atoms with van der Waals surface area (Å²) in [6.45, 7) is 6.32. The average Bonchev–Trinajstić information content (AvgIpc) is 2.76. The molecule has 0 radical (unpaired) electrons. The minimum Gasteiger partial charge on any atom is -0.496 e. The van der Waals surface area contributed by atoms with Crippen LogP contribution >= 0.6 is 24.0 Å². The highest BCUT2D eigenvalue weighted by atomic mass is 127. The molecular weight excluding hydrogens is 509 g/mol. The molecule has 0 heterocycles. The number of guanidine groups is 1. The number of halogens is 1. The predicted octanol–water partition coefficient (Wildman–Crippen LogP) is 3.30. The Morgan fingerprint density at radius 1 is 1.00 bits per heavy atom. The molecule has 0 saturated heterocycles. The molecule has 0 amide bonds. The van der Waals surface area contributed by atoms with E-state index in [9.17, 15) is 0 Å². The fourth-order valence-electron chi connectivity index (χ4n) is 3.02. The van der Waals surface area contributed by atoms with Gasteiger partial charge in [-0.25, -0.2) is 4.99 Å². The Morgan fingerprint density at radius 3 is 2.42 bits per heavy atom. The number of methoxy groups -OCH3 is 2. The first-order valence-electron chi connectivity index (χ1n) is 10.2. The van der Waals surface area contributed by atoms with Crippen LogP contribution in [0.1, 0.15) is 23.6 Å². The molecule has 3 N–H and O–H groups in total. The van der Waals surface area contributed by atoms with Gasteiger partial charge in [0.2, 0.25) is 0 Å². The zero-order valence-corrected chi connectivity index (χ0v) is 21.1. The van der Waals surface area contributed by atoms with Crippen LogP contribution in [0, 0.1) is 6.92 Å². The molecule has 0 aliphatic rings. The van der Waals surface area contributed by atoms with Crippen molar-refractivity contribution in [3.63, 3.8) is 0 Å². The zero-order chi connectivity index (χ0) is 21.8. The molecule has 2 aromatic rings. The van der Waals surface area contributed by atoms with Gasteiger partial charge in [0.25, 0.3) is 0 Å². The molecule has 0 aromatic heterocycles. The fraction of sp³-hybridized carbons (Fsp3) is 0.435. The first-order valence-corrected chi connectivity index (χ1v) is 10.2. The SMILES string of the molecule is CCNC(=NCc1ccc(OCCO)c(OC)c1)NCCc1cc(C)ccc1OC.I. The maximum absolute atomic E-state index is 8.92. The van der Waals surface area contributed by atoms with Gasteiger partial charge >= 0.3 is 0 Å². The Morgan fingerprint density at radius 2 is 1.74 bits per heavy atom. The Labute approximate surface area is 202 Å². The van der Waals surface area contributed by atoms with Gasteiger partial charge in [0.15, 0.2) is 17.5 Å². The minimum absolute atomic E-state index is 0. The molecule has 0 unspecified atom stereocenters. The maximum atomic E-state index is 8.92. The molecule has 0 aliphatic carbocycles. The molecule has 0 atom stereocenters. The standard InChI is InChI=1S/C23H33N3O4.HI/c1-5-24-23(25-11-10-19-14-17(2)6-8-20(19)28-3)26-16-18-7-9-21(30-13-12-27)22(15-18)29-4;/h6-9,14-15,27H,5,10-13,16H2,1-4H3,(H2,24,25,26);1H. The van der Waals surface area contributed by atoms with Crippen LogP contribution in [0.2, 0.25) is 0 Å². The van der Waals surface area contributed by atoms with Gasteiger partial charge in [-0.3, -0.25) is 0 Å². The van der Waals surface area contributed by atoms with Crippen LogP contribution in [0.5, 0.6) is 17.2 Å². The monoisotopic (exact) mass is 543 g/mol. The van der Waals surface area contributed by atoms with Gasteiger partial charge in [-0.1, -0.05) is 23.8 Å². The molecule has 2 rings (SSSR count). The van der Waals surface area contributed by atoms with Gasteiger partial charge in [-0.2, -0.15) is 0 Å². The highest BCUT2D eigenvalue weighted by Crippen LogP contribution is 2.28. The van der Waals surface area contributed by atoms with Crippen LogP contribution in [-0.4, -0.2) is 51.6 Å². The molecule has 7 nitrogen and oxygen atoms in total. The Balaban J connectivity index is 0.00000480. The summed E-state index contributed by atoms with van der Waals surface area (Å²) in [5.41, 5.74) is 3.39. The average molecular weight is 543 g/mol. The van der Waals surface area contributed by atoms with E-state index in [-0.39, 0.29) is 37.2 Å². The highest BCUT2D eigenvalue weighted by molar-refractivity contribution is 14.0. The van der Waals surface area contributed by atoms with Crippen LogP contribution < -0.4 is 24.8 Å². The molecule has 2 aromatic carbocycles. The third kappa shape index (κ3) is 8.82. The molecule has 0 saturated carbocycles. The van der Waals surface area contributed by atoms with Gasteiger partial charge in [-0.05, 0) is 49.6 Å². The molecular formula is C23H34IN3O4. The van der Waals surface area contributed by atoms with Crippen LogP contribution in [0.4, 0.5) is 0 Å². The van der Waals surface area contributed by atoms with Gasteiger partial charge < -0.3 is 30.0 Å². The summed E-state index contributed by atoms with van der Waals surface area (Å²) in [4.78, 5) is 4.67. The summed E-state index contributed by atoms with van der Waals surface area (Å²) in [6, 6.07) is 11.9. The van der Waals surface area contributed by atoms with Crippen molar-refractivity contribution in [1.29, 1.82) is 0 Å². The number of aryl methyl sites for hydroxylation is 1. The number of nitrogens with one attached hydrogen (secondary N) is 2. The second-order valence-electron chi connectivity index (χ2n) is 6.74. The Bertz CT molecular complexity index is 830. The van der Waals surface area contributed by atoms with Gasteiger partial charge in [0, 0.05) is 13.1 Å². The van der Waals surface area contributed by atoms with Crippen molar-refractivity contribution in [2.45, 2.75) is 26.8 Å². The molecule has 0 spiro atoms. The van der Waals surface area contributed by atoms with E-state index < -0.39 is 0 Å². The lowest BCUT2D eigenvalue weighted by Gasteiger charge is -2.14. The maximum Gasteiger partial charge on any atom is 0.191 e. The number of rotatable bonds is 11. The molecule has 0 fully saturated rings. The first-order chi connectivity index (χ1) is 14.6. The second kappa shape index (κ2) is 14.7. The number of hydrogen-bond donors (Lipinski definition) is 3. The summed E-state index contributed by atoms with van der Waals surface area (Å²) in [6.07, 6.45) is 0.833. The first kappa shape index (κ1) is 26.8. The van der Waals surface area contributed by atoms with E-state index in [2.05, 4.69) is 34.7 Å². The summed E-state index contributed by atoms with van der Waals surface area (Å²) in [5.74, 6) is 2.89. The summed E-state index contributed by atoms with van der Waals surface area (Å²) in [5, 5.41) is 15.6. The minimum atomic E-state index is -0.0403. The molecule has 0 aliphatic heterocycles. The topological polar surface area (TPSA) is 84.3 Å². The normalized spacial score (nSPS) is 10.8. The lowest BCUT2D eigenvalue weighted by atomic mass is 10.1. The smallest absolute Gasteiger partial charge is 0.191 e. The number of benzene rings is 2. The van der Waals surface area contributed by atoms with Crippen LogP contribution in [0.3, 0.4) is 0 Å². The van der Waals surface area contributed by atoms with Gasteiger partial charge in [0.05, 0.1) is 27.4 Å². The highest BCUT2D eigenvalue weighted by Gasteiger charge is 2.07. The van der Waals surface area contributed by atoms with Crippen LogP contribution in [0.25, 0.3) is 0 Å². The van der Waals surface area contributed by atoms with Crippen LogP contribution in [0.15, 0.2) is 41.4 Å². The zero-order valence-electron chi connectivity index (χ0n) is 18.7. The number of aliphatic hydroxyl groups excluding tert-OH is 1. The Kier molecular flexibility index (Phi) is 12.8. The number of hydrogen-bond acceptors (Lipinski definition) is 5. The Hall–Kier alpha value is -2.20. The molecule has 172 valence electrons. The second-order valence-corrected chi connectivity index (χ2v) is 6.74. The van der Waals surface area contributed by atoms with E-state index in [4.69, 9.17) is 19.3 Å². The van der Waals surface area contributed by atoms with E-state index in [0.29, 0.717) is 18.0 Å². The van der Waals surface area contributed by atoms with Crippen molar-refractivity contribution >= 4 is 29.9 Å². The summed E-state index contributed by atoms with van der Waals surface area (Å²) in [7, 11) is 3.29. The lowest BCUT2D eigenvalue weighted by Crippen LogP contribution is -2.38. The van der Waals surface area contributed by atoms with Crippen molar-refractivity contribution in [1.82, 2.24) is 10.6 Å². The largest absolute Gasteiger partial charge is 0.496 e. The lowest BCUT2D eigenvalue weighted by molar-refractivity contribution is 0.196. The third-order valence-electron chi connectivity index (χ3n) is 4.46. The third-order valence-corrected chi connectivity index (χ3v) is 4.46. The van der Waals surface area contributed by atoms with Gasteiger partial charge in [-0.15, -0.1) is 24.0 Å². The van der Waals surface area contributed by atoms with E-state index in [1.54, 1.807) is 14.2 Å². The van der Waals surface area contributed by atoms with Crippen molar-refractivity contribution in [3.8, 4) is 17.2 Å². The van der Waals surface area contributed by atoms with Crippen molar-refractivity contribution in [3.05, 3.63) is 53.1 Å². The molecule has 0 bridgehead atoms. The summed E-state index contributed by atoms with van der Waals surface area (Å²) < 4.78 is 16.3. The van der Waals surface area contributed by atoms with E-state index in [0.717, 1.165) is 36.8 Å². The van der Waals surface area contributed by atoms with Gasteiger partial charge in [0.1, 0.15) is 12.4 Å². The molecule has 8 heteroatoms. The van der Waals surface area contributed by atoms with E-state index in [1.807, 2.05) is 31.2 Å². The fourth-order valence-corrected chi connectivity index (χ4v) is 3.02. The number of aliphatic imine (C=N–C) groups is 1. The van der Waals surface area contributed by atoms with Crippen molar-refractivity contribution in [2.75, 3.05) is 40.5 Å². The number of aliphatic hydroxyl groups is 1. The molecule has 31 heavy (non-hydrogen) atoms.